The van der Waals surface area contributed by atoms with E-state index in [-0.39, 0.29) is 35.7 Å². The van der Waals surface area contributed by atoms with Crippen LogP contribution >= 0.6 is 23.5 Å². The predicted octanol–water partition coefficient (Wildman–Crippen LogP) is 8.60. The van der Waals surface area contributed by atoms with E-state index in [0.29, 0.717) is 57.2 Å². The van der Waals surface area contributed by atoms with Crippen LogP contribution in [0.5, 0.6) is 0 Å². The lowest BCUT2D eigenvalue weighted by Crippen LogP contribution is -2.53. The molecule has 0 radical (unpaired) electrons. The average molecular weight is 819 g/mol. The number of amidine groups is 2. The first kappa shape index (κ1) is 43.5. The van der Waals surface area contributed by atoms with E-state index in [1.165, 1.54) is 57.6 Å². The Kier molecular flexibility index (Phi) is 13.0. The molecule has 0 aromatic heterocycles. The van der Waals surface area contributed by atoms with Crippen molar-refractivity contribution < 1.29 is 38.1 Å². The molecule has 0 bridgehead atoms. The number of hydrogen-bond donors (Lipinski definition) is 4. The fourth-order valence-corrected chi connectivity index (χ4v) is 11.4. The zero-order chi connectivity index (χ0) is 41.4. The van der Waals surface area contributed by atoms with Crippen LogP contribution < -0.4 is 11.5 Å². The van der Waals surface area contributed by atoms with Crippen molar-refractivity contribution in [2.45, 2.75) is 114 Å². The number of nitrogen functional groups attached to an aromatic ring is 2. The van der Waals surface area contributed by atoms with Gasteiger partial charge in [0.05, 0.1) is 23.3 Å². The maximum atomic E-state index is 15.0. The Morgan fingerprint density at radius 3 is 1.38 bits per heavy atom. The molecule has 4 aliphatic rings. The Bertz CT molecular complexity index is 1720. The van der Waals surface area contributed by atoms with E-state index in [1.807, 2.05) is 41.5 Å². The fourth-order valence-electron chi connectivity index (χ4n) is 8.43. The van der Waals surface area contributed by atoms with Crippen LogP contribution in [-0.2, 0) is 20.6 Å². The number of thioether (sulfide) groups is 2. The highest BCUT2D eigenvalue weighted by atomic mass is 32.2. The molecule has 2 fully saturated rings. The highest BCUT2D eigenvalue weighted by Gasteiger charge is 2.52. The highest BCUT2D eigenvalue weighted by Crippen LogP contribution is 2.53. The third-order valence-corrected chi connectivity index (χ3v) is 13.4. The van der Waals surface area contributed by atoms with Gasteiger partial charge < -0.3 is 31.2 Å². The molecule has 56 heavy (non-hydrogen) atoms. The lowest BCUT2D eigenvalue weighted by Gasteiger charge is -2.48. The number of carboxylic acid groups (broad SMARTS) is 2. The van der Waals surface area contributed by atoms with E-state index < -0.39 is 34.3 Å². The number of methoxy groups -OCH3 is 2. The van der Waals surface area contributed by atoms with Gasteiger partial charge in [0.2, 0.25) is 0 Å². The number of amides is 2. The summed E-state index contributed by atoms with van der Waals surface area (Å²) in [7, 11) is 3.30. The summed E-state index contributed by atoms with van der Waals surface area (Å²) in [6.07, 6.45) is 2.13. The second-order valence-electron chi connectivity index (χ2n) is 17.0. The zero-order valence-corrected chi connectivity index (χ0v) is 35.1. The first-order chi connectivity index (χ1) is 26.2. The van der Waals surface area contributed by atoms with Gasteiger partial charge in [-0.2, -0.15) is 0 Å². The maximum absolute atomic E-state index is 15.0. The lowest BCUT2D eigenvalue weighted by atomic mass is 9.68. The molecule has 2 aromatic rings. The topological polar surface area (TPSA) is 176 Å². The molecule has 2 amide bonds. The van der Waals surface area contributed by atoms with Crippen molar-refractivity contribution in [2.75, 3.05) is 37.2 Å². The van der Waals surface area contributed by atoms with E-state index in [0.717, 1.165) is 25.7 Å². The van der Waals surface area contributed by atoms with Gasteiger partial charge >= 0.3 is 12.2 Å². The second-order valence-corrected chi connectivity index (χ2v) is 19.0. The predicted molar refractivity (Wildman–Crippen MR) is 220 cm³/mol. The van der Waals surface area contributed by atoms with Crippen LogP contribution in [0.15, 0.2) is 46.4 Å². The Balaban J connectivity index is 0.000000214. The Labute approximate surface area is 336 Å². The summed E-state index contributed by atoms with van der Waals surface area (Å²) in [4.78, 5) is 36.4. The number of rotatable bonds is 4. The molecule has 2 heterocycles. The summed E-state index contributed by atoms with van der Waals surface area (Å²) in [6, 6.07) is 9.06. The summed E-state index contributed by atoms with van der Waals surface area (Å²) < 4.78 is 41.2. The largest absolute Gasteiger partial charge is 0.465 e. The number of fused-ring (bicyclic) bond motifs is 2. The number of nitrogens with two attached hydrogens (primary N) is 2. The van der Waals surface area contributed by atoms with Crippen LogP contribution in [0.1, 0.15) is 91.2 Å². The van der Waals surface area contributed by atoms with Crippen molar-refractivity contribution in [3.63, 3.8) is 0 Å². The summed E-state index contributed by atoms with van der Waals surface area (Å²) >= 11 is 2.85. The van der Waals surface area contributed by atoms with Crippen molar-refractivity contribution in [3.8, 4) is 0 Å². The Hall–Kier alpha value is -3.60. The molecule has 2 aromatic carbocycles. The van der Waals surface area contributed by atoms with Crippen LogP contribution in [0, 0.1) is 23.5 Å². The highest BCUT2D eigenvalue weighted by molar-refractivity contribution is 8.14. The molecule has 0 spiro atoms. The minimum atomic E-state index is -1.07. The number of benzene rings is 2. The minimum absolute atomic E-state index is 0.0712. The molecule has 0 unspecified atom stereocenters. The molecule has 308 valence electrons. The van der Waals surface area contributed by atoms with Crippen LogP contribution in [-0.4, -0.2) is 91.5 Å². The van der Waals surface area contributed by atoms with Crippen LogP contribution in [0.4, 0.5) is 29.7 Å². The van der Waals surface area contributed by atoms with E-state index in [9.17, 15) is 28.6 Å². The number of anilines is 2. The smallest absolute Gasteiger partial charge is 0.413 e. The third kappa shape index (κ3) is 8.77. The van der Waals surface area contributed by atoms with Crippen LogP contribution in [0.2, 0.25) is 0 Å². The molecule has 6 N–H and O–H groups in total. The van der Waals surface area contributed by atoms with Crippen molar-refractivity contribution >= 4 is 57.4 Å². The van der Waals surface area contributed by atoms with Crippen molar-refractivity contribution in [3.05, 3.63) is 59.2 Å². The summed E-state index contributed by atoms with van der Waals surface area (Å²) in [6.45, 7) is 10.9. The zero-order valence-electron chi connectivity index (χ0n) is 33.5. The van der Waals surface area contributed by atoms with E-state index >= 15 is 0 Å². The van der Waals surface area contributed by atoms with E-state index in [1.54, 1.807) is 26.4 Å². The molecule has 16 heteroatoms. The van der Waals surface area contributed by atoms with Crippen molar-refractivity contribution in [2.24, 2.45) is 21.8 Å². The third-order valence-electron chi connectivity index (χ3n) is 11.2. The normalized spacial score (nSPS) is 27.7. The van der Waals surface area contributed by atoms with Gasteiger partial charge in [-0.05, 0) is 115 Å². The maximum Gasteiger partial charge on any atom is 0.413 e. The van der Waals surface area contributed by atoms with Gasteiger partial charge in [0.25, 0.3) is 0 Å². The van der Waals surface area contributed by atoms with Gasteiger partial charge in [0.15, 0.2) is 10.3 Å². The molecule has 0 saturated heterocycles. The van der Waals surface area contributed by atoms with Crippen molar-refractivity contribution in [1.29, 1.82) is 0 Å². The Morgan fingerprint density at radius 1 is 0.714 bits per heavy atom. The van der Waals surface area contributed by atoms with Gasteiger partial charge in [0.1, 0.15) is 11.6 Å². The first-order valence-electron chi connectivity index (χ1n) is 18.8. The Morgan fingerprint density at radius 2 is 1.07 bits per heavy atom. The average Bonchev–Trinajstić information content (AvgIpc) is 3.11. The minimum Gasteiger partial charge on any atom is -0.465 e. The molecule has 12 nitrogen and oxygen atoms in total. The quantitative estimate of drug-likeness (QED) is 0.219. The summed E-state index contributed by atoms with van der Waals surface area (Å²) in [5.41, 5.74) is 10.6. The van der Waals surface area contributed by atoms with Crippen molar-refractivity contribution in [1.82, 2.24) is 9.80 Å². The molecular weight excluding hydrogens is 763 g/mol. The van der Waals surface area contributed by atoms with E-state index in [2.05, 4.69) is 0 Å². The van der Waals surface area contributed by atoms with Crippen LogP contribution in [0.3, 0.4) is 0 Å². The van der Waals surface area contributed by atoms with Gasteiger partial charge in [-0.15, -0.1) is 0 Å². The standard InChI is InChI=1S/2C20H28FN3O3S/c2*1-19(2,3)24(18(25)26)17-23-20(15-9-13(22)6-8-16(15)21)10-14(27-4)7-5-12(20)11-28-17/h2*6,8-9,12,14H,5,7,10-11,22H2,1-4H3,(H,25,26)/t2*12-,14-,20-/m00/s1. The molecular formula is C40H56F2N6O6S2. The molecule has 2 aliphatic carbocycles. The van der Waals surface area contributed by atoms with Gasteiger partial charge in [-0.25, -0.2) is 28.4 Å². The van der Waals surface area contributed by atoms with E-state index in [4.69, 9.17) is 30.9 Å². The van der Waals surface area contributed by atoms with Gasteiger partial charge in [0, 0.05) is 72.1 Å². The molecule has 6 rings (SSSR count). The first-order valence-corrected chi connectivity index (χ1v) is 20.8. The van der Waals surface area contributed by atoms with Crippen LogP contribution in [0.25, 0.3) is 0 Å². The fraction of sp³-hybridized carbons (Fsp3) is 0.600. The number of nitrogens with zero attached hydrogens (tertiary/aromatic N) is 4. The number of carbonyl (C=O) groups is 2. The number of aliphatic imine (C=N–C) groups is 2. The number of hydrogen-bond acceptors (Lipinski definition) is 10. The van der Waals surface area contributed by atoms with Gasteiger partial charge in [-0.1, -0.05) is 23.5 Å². The second kappa shape index (κ2) is 16.7. The summed E-state index contributed by atoms with van der Waals surface area (Å²) in [5, 5.41) is 20.4. The van der Waals surface area contributed by atoms with Gasteiger partial charge in [-0.3, -0.25) is 9.80 Å². The molecule has 2 aliphatic heterocycles. The molecule has 2 saturated carbocycles. The SMILES string of the molecule is CO[C@H]1CC[C@H]2CSC(N(C(=O)O)C(C)(C)C)=N[C@@]2(c2cc(N)ccc2F)C1.CO[C@H]1CC[C@H]2CSC(N(C(=O)O)C(C)(C)C)=N[C@@]2(c2cc(N)ccc2F)C1. The summed E-state index contributed by atoms with van der Waals surface area (Å²) in [5.74, 6) is 0.763. The monoisotopic (exact) mass is 818 g/mol. The lowest BCUT2D eigenvalue weighted by molar-refractivity contribution is 0.0185. The molecule has 6 atom stereocenters. The number of halogens is 2. The number of ether oxygens (including phenoxy) is 2.